The third-order valence-corrected chi connectivity index (χ3v) is 3.04. The smallest absolute Gasteiger partial charge is 0.0897 e. The summed E-state index contributed by atoms with van der Waals surface area (Å²) in [6.45, 7) is 3.03. The molecule has 0 aromatic carbocycles. The lowest BCUT2D eigenvalue weighted by Gasteiger charge is -2.15. The highest BCUT2D eigenvalue weighted by atomic mass is 32.1. The molecule has 3 nitrogen and oxygen atoms in total. The highest BCUT2D eigenvalue weighted by molar-refractivity contribution is 7.10. The first kappa shape index (κ1) is 11.7. The highest BCUT2D eigenvalue weighted by Gasteiger charge is 2.08. The average molecular weight is 215 g/mol. The summed E-state index contributed by atoms with van der Waals surface area (Å²) in [7, 11) is 1.59. The first-order chi connectivity index (χ1) is 6.74. The lowest BCUT2D eigenvalue weighted by Crippen LogP contribution is -2.31. The maximum atomic E-state index is 9.41. The quantitative estimate of drug-likeness (QED) is 0.754. The number of aliphatic hydroxyl groups is 1. The van der Waals surface area contributed by atoms with E-state index >= 15 is 0 Å². The van der Waals surface area contributed by atoms with Gasteiger partial charge >= 0.3 is 0 Å². The molecule has 0 aliphatic carbocycles. The van der Waals surface area contributed by atoms with Gasteiger partial charge in [0.1, 0.15) is 0 Å². The molecule has 80 valence electrons. The van der Waals surface area contributed by atoms with Gasteiger partial charge in [0, 0.05) is 24.6 Å². The Kier molecular flexibility index (Phi) is 5.11. The maximum absolute atomic E-state index is 9.41. The largest absolute Gasteiger partial charge is 0.389 e. The van der Waals surface area contributed by atoms with Crippen LogP contribution in [0.3, 0.4) is 0 Å². The van der Waals surface area contributed by atoms with E-state index < -0.39 is 6.10 Å². The Hall–Kier alpha value is -0.420. The molecule has 0 fully saturated rings. The Morgan fingerprint density at radius 2 is 2.43 bits per heavy atom. The molecule has 2 unspecified atom stereocenters. The first-order valence-electron chi connectivity index (χ1n) is 4.68. The van der Waals surface area contributed by atoms with Crippen molar-refractivity contribution in [1.82, 2.24) is 5.32 Å². The van der Waals surface area contributed by atoms with Gasteiger partial charge in [-0.2, -0.15) is 0 Å². The Labute approximate surface area is 88.7 Å². The zero-order chi connectivity index (χ0) is 10.4. The van der Waals surface area contributed by atoms with Crippen LogP contribution in [-0.4, -0.2) is 31.5 Å². The van der Waals surface area contributed by atoms with E-state index in [1.165, 1.54) is 4.88 Å². The number of aliphatic hydroxyl groups excluding tert-OH is 1. The summed E-state index contributed by atoms with van der Waals surface area (Å²) in [6, 6.07) is 4.41. The molecule has 4 heteroatoms. The third-order valence-electron chi connectivity index (χ3n) is 1.99. The minimum atomic E-state index is -0.428. The van der Waals surface area contributed by atoms with Crippen LogP contribution in [0.5, 0.6) is 0 Å². The molecule has 2 N–H and O–H groups in total. The summed E-state index contributed by atoms with van der Waals surface area (Å²) in [5, 5.41) is 14.7. The molecule has 0 aliphatic rings. The van der Waals surface area contributed by atoms with E-state index in [0.717, 1.165) is 0 Å². The van der Waals surface area contributed by atoms with E-state index in [2.05, 4.69) is 23.7 Å². The van der Waals surface area contributed by atoms with Gasteiger partial charge in [0.25, 0.3) is 0 Å². The fraction of sp³-hybridized carbons (Fsp3) is 0.600. The maximum Gasteiger partial charge on any atom is 0.0897 e. The summed E-state index contributed by atoms with van der Waals surface area (Å²) < 4.78 is 4.84. The van der Waals surface area contributed by atoms with Crippen LogP contribution in [0, 0.1) is 0 Å². The molecule has 1 aromatic rings. The van der Waals surface area contributed by atoms with Crippen molar-refractivity contribution in [2.75, 3.05) is 20.3 Å². The van der Waals surface area contributed by atoms with Gasteiger partial charge in [-0.1, -0.05) is 6.07 Å². The summed E-state index contributed by atoms with van der Waals surface area (Å²) in [5.74, 6) is 0. The van der Waals surface area contributed by atoms with Crippen LogP contribution in [0.1, 0.15) is 17.8 Å². The molecule has 0 spiro atoms. The zero-order valence-corrected chi connectivity index (χ0v) is 9.38. The molecular weight excluding hydrogens is 198 g/mol. The van der Waals surface area contributed by atoms with Crippen LogP contribution in [-0.2, 0) is 4.74 Å². The van der Waals surface area contributed by atoms with Crippen LogP contribution >= 0.6 is 11.3 Å². The van der Waals surface area contributed by atoms with E-state index in [-0.39, 0.29) is 0 Å². The molecular formula is C10H17NO2S. The van der Waals surface area contributed by atoms with Gasteiger partial charge in [-0.15, -0.1) is 11.3 Å². The number of thiophene rings is 1. The van der Waals surface area contributed by atoms with Gasteiger partial charge in [-0.3, -0.25) is 0 Å². The monoisotopic (exact) mass is 215 g/mol. The Bertz CT molecular complexity index is 238. The van der Waals surface area contributed by atoms with Crippen LogP contribution < -0.4 is 5.32 Å². The van der Waals surface area contributed by atoms with Gasteiger partial charge in [0.2, 0.25) is 0 Å². The molecule has 14 heavy (non-hydrogen) atoms. The standard InChI is InChI=1S/C10H17NO2S/c1-8(10-4-3-5-14-10)11-6-9(12)7-13-2/h3-5,8-9,11-12H,6-7H2,1-2H3. The highest BCUT2D eigenvalue weighted by Crippen LogP contribution is 2.17. The fourth-order valence-electron chi connectivity index (χ4n) is 1.20. The molecule has 0 saturated heterocycles. The van der Waals surface area contributed by atoms with Gasteiger partial charge in [0.15, 0.2) is 0 Å². The fourth-order valence-corrected chi connectivity index (χ4v) is 1.96. The number of hydrogen-bond donors (Lipinski definition) is 2. The Morgan fingerprint density at radius 1 is 1.64 bits per heavy atom. The van der Waals surface area contributed by atoms with Crippen molar-refractivity contribution >= 4 is 11.3 Å². The topological polar surface area (TPSA) is 41.5 Å². The van der Waals surface area contributed by atoms with Crippen molar-refractivity contribution < 1.29 is 9.84 Å². The predicted molar refractivity (Wildman–Crippen MR) is 58.6 cm³/mol. The number of rotatable bonds is 6. The molecule has 0 saturated carbocycles. The Balaban J connectivity index is 2.24. The molecule has 0 bridgehead atoms. The van der Waals surface area contributed by atoms with Gasteiger partial charge in [-0.25, -0.2) is 0 Å². The van der Waals surface area contributed by atoms with E-state index in [0.29, 0.717) is 19.2 Å². The van der Waals surface area contributed by atoms with Crippen molar-refractivity contribution in [3.63, 3.8) is 0 Å². The second kappa shape index (κ2) is 6.14. The summed E-state index contributed by atoms with van der Waals surface area (Å²) >= 11 is 1.72. The summed E-state index contributed by atoms with van der Waals surface area (Å²) in [6.07, 6.45) is -0.428. The van der Waals surface area contributed by atoms with Crippen molar-refractivity contribution in [2.24, 2.45) is 0 Å². The van der Waals surface area contributed by atoms with Crippen molar-refractivity contribution in [1.29, 1.82) is 0 Å². The van der Waals surface area contributed by atoms with Crippen molar-refractivity contribution in [2.45, 2.75) is 19.1 Å². The zero-order valence-electron chi connectivity index (χ0n) is 8.56. The molecule has 1 heterocycles. The lowest BCUT2D eigenvalue weighted by molar-refractivity contribution is 0.0631. The number of methoxy groups -OCH3 is 1. The number of nitrogens with one attached hydrogen (secondary N) is 1. The normalized spacial score (nSPS) is 15.4. The number of hydrogen-bond acceptors (Lipinski definition) is 4. The molecule has 2 atom stereocenters. The second-order valence-corrected chi connectivity index (χ2v) is 4.23. The van der Waals surface area contributed by atoms with Crippen LogP contribution in [0.15, 0.2) is 17.5 Å². The first-order valence-corrected chi connectivity index (χ1v) is 5.55. The van der Waals surface area contributed by atoms with Gasteiger partial charge in [0.05, 0.1) is 12.7 Å². The Morgan fingerprint density at radius 3 is 3.00 bits per heavy atom. The summed E-state index contributed by atoms with van der Waals surface area (Å²) in [4.78, 5) is 1.29. The molecule has 0 radical (unpaired) electrons. The van der Waals surface area contributed by atoms with Crippen LogP contribution in [0.25, 0.3) is 0 Å². The van der Waals surface area contributed by atoms with E-state index in [1.54, 1.807) is 18.4 Å². The number of ether oxygens (including phenoxy) is 1. The lowest BCUT2D eigenvalue weighted by atomic mass is 10.2. The molecule has 0 aliphatic heterocycles. The minimum absolute atomic E-state index is 0.293. The van der Waals surface area contributed by atoms with E-state index in [1.807, 2.05) is 6.07 Å². The second-order valence-electron chi connectivity index (χ2n) is 3.25. The SMILES string of the molecule is COCC(O)CNC(C)c1cccs1. The van der Waals surface area contributed by atoms with Crippen molar-refractivity contribution in [3.8, 4) is 0 Å². The van der Waals surface area contributed by atoms with Crippen LogP contribution in [0.4, 0.5) is 0 Å². The van der Waals surface area contributed by atoms with E-state index in [9.17, 15) is 5.11 Å². The van der Waals surface area contributed by atoms with Crippen molar-refractivity contribution in [3.05, 3.63) is 22.4 Å². The van der Waals surface area contributed by atoms with Crippen LogP contribution in [0.2, 0.25) is 0 Å². The van der Waals surface area contributed by atoms with Gasteiger partial charge in [-0.05, 0) is 18.4 Å². The average Bonchev–Trinajstić information content (AvgIpc) is 2.67. The van der Waals surface area contributed by atoms with Gasteiger partial charge < -0.3 is 15.2 Å². The minimum Gasteiger partial charge on any atom is -0.389 e. The molecule has 1 aromatic heterocycles. The molecule has 1 rings (SSSR count). The summed E-state index contributed by atoms with van der Waals surface area (Å²) in [5.41, 5.74) is 0. The predicted octanol–water partition coefficient (Wildman–Crippen LogP) is 1.41. The third kappa shape index (κ3) is 3.75. The van der Waals surface area contributed by atoms with E-state index in [4.69, 9.17) is 4.74 Å². The molecule has 0 amide bonds.